The minimum absolute atomic E-state index is 0.513. The summed E-state index contributed by atoms with van der Waals surface area (Å²) in [5, 5.41) is 3.59. The fourth-order valence-electron chi connectivity index (χ4n) is 5.04. The van der Waals surface area contributed by atoms with Gasteiger partial charge in [0.25, 0.3) is 0 Å². The van der Waals surface area contributed by atoms with Crippen molar-refractivity contribution in [3.8, 4) is 0 Å². The van der Waals surface area contributed by atoms with Crippen LogP contribution in [0.15, 0.2) is 36.9 Å². The molecule has 1 aliphatic carbocycles. The zero-order valence-corrected chi connectivity index (χ0v) is 18.0. The molecule has 5 rings (SSSR count). The van der Waals surface area contributed by atoms with Crippen molar-refractivity contribution >= 4 is 11.5 Å². The first kappa shape index (κ1) is 19.7. The van der Waals surface area contributed by atoms with Crippen molar-refractivity contribution in [3.63, 3.8) is 0 Å². The van der Waals surface area contributed by atoms with Crippen LogP contribution in [0.2, 0.25) is 0 Å². The van der Waals surface area contributed by atoms with Crippen molar-refractivity contribution < 1.29 is 0 Å². The summed E-state index contributed by atoms with van der Waals surface area (Å²) in [6.45, 7) is 5.63. The van der Waals surface area contributed by atoms with Gasteiger partial charge in [-0.05, 0) is 75.5 Å². The Bertz CT molecular complexity index is 803. The van der Waals surface area contributed by atoms with Crippen LogP contribution in [-0.4, -0.2) is 53.7 Å². The molecule has 2 aromatic rings. The number of nitrogens with one attached hydrogen (secondary N) is 1. The average Bonchev–Trinajstić information content (AvgIpc) is 3.63. The predicted octanol–water partition coefficient (Wildman–Crippen LogP) is 3.44. The van der Waals surface area contributed by atoms with Gasteiger partial charge in [-0.15, -0.1) is 0 Å². The lowest BCUT2D eigenvalue weighted by Gasteiger charge is -2.47. The van der Waals surface area contributed by atoms with Gasteiger partial charge in [0.1, 0.15) is 5.82 Å². The second-order valence-corrected chi connectivity index (χ2v) is 9.38. The second kappa shape index (κ2) is 8.88. The molecular formula is C24H34N6. The van der Waals surface area contributed by atoms with E-state index in [0.717, 1.165) is 63.1 Å². The van der Waals surface area contributed by atoms with Crippen LogP contribution < -0.4 is 15.1 Å². The smallest absolute Gasteiger partial charge is 0.147 e. The summed E-state index contributed by atoms with van der Waals surface area (Å²) in [5.41, 5.74) is 2.97. The summed E-state index contributed by atoms with van der Waals surface area (Å²) in [5.74, 6) is 1.08. The van der Waals surface area contributed by atoms with E-state index >= 15 is 0 Å². The van der Waals surface area contributed by atoms with Crippen molar-refractivity contribution in [1.29, 1.82) is 0 Å². The summed E-state index contributed by atoms with van der Waals surface area (Å²) in [6, 6.07) is 5.06. The average molecular weight is 407 g/mol. The number of aromatic nitrogens is 3. The minimum Gasteiger partial charge on any atom is -0.371 e. The van der Waals surface area contributed by atoms with E-state index in [0.29, 0.717) is 5.41 Å². The normalized spacial score (nSPS) is 21.2. The summed E-state index contributed by atoms with van der Waals surface area (Å²) >= 11 is 0. The number of hydrogen-bond acceptors (Lipinski definition) is 6. The first-order chi connectivity index (χ1) is 14.8. The Kier molecular flexibility index (Phi) is 5.84. The topological polar surface area (TPSA) is 57.2 Å². The molecule has 30 heavy (non-hydrogen) atoms. The third-order valence-corrected chi connectivity index (χ3v) is 7.29. The molecule has 2 aliphatic heterocycles. The SMILES string of the molecule is c1cc(N2CCC3(CC2)CCN(c2cncc(CCCNC4CC4)n2)CC3)ccn1. The van der Waals surface area contributed by atoms with Gasteiger partial charge in [0, 0.05) is 56.5 Å². The highest BCUT2D eigenvalue weighted by Crippen LogP contribution is 2.42. The van der Waals surface area contributed by atoms with Crippen molar-refractivity contribution in [2.24, 2.45) is 5.41 Å². The number of nitrogens with zero attached hydrogens (tertiary/aromatic N) is 5. The number of piperidine rings is 2. The number of pyridine rings is 1. The molecule has 0 atom stereocenters. The molecule has 1 saturated carbocycles. The van der Waals surface area contributed by atoms with Crippen molar-refractivity contribution in [2.45, 2.75) is 57.4 Å². The molecule has 0 radical (unpaired) electrons. The molecule has 3 fully saturated rings. The lowest BCUT2D eigenvalue weighted by atomic mass is 9.71. The molecule has 1 N–H and O–H groups in total. The summed E-state index contributed by atoms with van der Waals surface area (Å²) in [4.78, 5) is 18.6. The quantitative estimate of drug-likeness (QED) is 0.711. The van der Waals surface area contributed by atoms with E-state index in [4.69, 9.17) is 4.98 Å². The lowest BCUT2D eigenvalue weighted by molar-refractivity contribution is 0.166. The lowest BCUT2D eigenvalue weighted by Crippen LogP contribution is -2.47. The fraction of sp³-hybridized carbons (Fsp3) is 0.625. The van der Waals surface area contributed by atoms with Crippen LogP contribution in [0.25, 0.3) is 0 Å². The van der Waals surface area contributed by atoms with Gasteiger partial charge in [0.05, 0.1) is 11.9 Å². The van der Waals surface area contributed by atoms with Gasteiger partial charge in [-0.2, -0.15) is 0 Å². The maximum atomic E-state index is 4.94. The van der Waals surface area contributed by atoms with Crippen LogP contribution in [0.3, 0.4) is 0 Å². The molecule has 4 heterocycles. The molecule has 0 unspecified atom stereocenters. The number of aryl methyl sites for hydroxylation is 1. The van der Waals surface area contributed by atoms with Gasteiger partial charge >= 0.3 is 0 Å². The molecule has 2 aromatic heterocycles. The van der Waals surface area contributed by atoms with Crippen LogP contribution in [0, 0.1) is 5.41 Å². The highest BCUT2D eigenvalue weighted by Gasteiger charge is 2.38. The van der Waals surface area contributed by atoms with E-state index in [2.05, 4.69) is 37.2 Å². The van der Waals surface area contributed by atoms with Gasteiger partial charge < -0.3 is 15.1 Å². The van der Waals surface area contributed by atoms with Crippen LogP contribution in [0.4, 0.5) is 11.5 Å². The van der Waals surface area contributed by atoms with E-state index in [-0.39, 0.29) is 0 Å². The molecule has 2 saturated heterocycles. The van der Waals surface area contributed by atoms with E-state index in [1.165, 1.54) is 44.2 Å². The molecule has 0 aromatic carbocycles. The fourth-order valence-corrected chi connectivity index (χ4v) is 5.04. The monoisotopic (exact) mass is 406 g/mol. The van der Waals surface area contributed by atoms with Crippen LogP contribution >= 0.6 is 0 Å². The first-order valence-electron chi connectivity index (χ1n) is 11.7. The Morgan fingerprint density at radius 1 is 0.900 bits per heavy atom. The molecule has 3 aliphatic rings. The molecule has 160 valence electrons. The maximum Gasteiger partial charge on any atom is 0.147 e. The Balaban J connectivity index is 1.11. The van der Waals surface area contributed by atoms with E-state index < -0.39 is 0 Å². The van der Waals surface area contributed by atoms with Crippen LogP contribution in [0.5, 0.6) is 0 Å². The third kappa shape index (κ3) is 4.75. The van der Waals surface area contributed by atoms with Crippen molar-refractivity contribution in [3.05, 3.63) is 42.6 Å². The van der Waals surface area contributed by atoms with Crippen LogP contribution in [0.1, 0.15) is 50.6 Å². The zero-order chi connectivity index (χ0) is 20.2. The molecule has 0 bridgehead atoms. The maximum absolute atomic E-state index is 4.94. The number of hydrogen-bond donors (Lipinski definition) is 1. The van der Waals surface area contributed by atoms with Gasteiger partial charge in [0.15, 0.2) is 0 Å². The molecule has 1 spiro atoms. The van der Waals surface area contributed by atoms with Gasteiger partial charge in [-0.3, -0.25) is 9.97 Å². The van der Waals surface area contributed by atoms with Crippen LogP contribution in [-0.2, 0) is 6.42 Å². The first-order valence-corrected chi connectivity index (χ1v) is 11.7. The molecule has 0 amide bonds. The zero-order valence-electron chi connectivity index (χ0n) is 18.0. The Morgan fingerprint density at radius 3 is 2.30 bits per heavy atom. The number of anilines is 2. The predicted molar refractivity (Wildman–Crippen MR) is 121 cm³/mol. The minimum atomic E-state index is 0.513. The Hall–Kier alpha value is -2.21. The molecule has 6 nitrogen and oxygen atoms in total. The highest BCUT2D eigenvalue weighted by atomic mass is 15.2. The standard InChI is InChI=1S/C24H34N6/c1(11-27-20-3-4-20)2-21-18-26-19-23(28-21)30-16-9-24(10-17-30)7-14-29(15-8-24)22-5-12-25-13-6-22/h5-6,12-13,18-20,27H,1-4,7-11,14-17H2. The summed E-state index contributed by atoms with van der Waals surface area (Å²) in [6.07, 6.45) is 17.7. The van der Waals surface area contributed by atoms with Gasteiger partial charge in [-0.1, -0.05) is 0 Å². The summed E-state index contributed by atoms with van der Waals surface area (Å²) < 4.78 is 0. The van der Waals surface area contributed by atoms with E-state index in [1.807, 2.05) is 24.8 Å². The van der Waals surface area contributed by atoms with Crippen molar-refractivity contribution in [1.82, 2.24) is 20.3 Å². The third-order valence-electron chi connectivity index (χ3n) is 7.29. The Morgan fingerprint density at radius 2 is 1.60 bits per heavy atom. The van der Waals surface area contributed by atoms with Crippen molar-refractivity contribution in [2.75, 3.05) is 42.5 Å². The van der Waals surface area contributed by atoms with Gasteiger partial charge in [0.2, 0.25) is 0 Å². The molecule has 6 heteroatoms. The molecular weight excluding hydrogens is 372 g/mol. The Labute approximate surface area is 180 Å². The largest absolute Gasteiger partial charge is 0.371 e. The van der Waals surface area contributed by atoms with E-state index in [1.54, 1.807) is 0 Å². The highest BCUT2D eigenvalue weighted by molar-refractivity contribution is 5.45. The van der Waals surface area contributed by atoms with Gasteiger partial charge in [-0.25, -0.2) is 4.98 Å². The number of rotatable bonds is 7. The van der Waals surface area contributed by atoms with E-state index in [9.17, 15) is 0 Å². The summed E-state index contributed by atoms with van der Waals surface area (Å²) in [7, 11) is 0. The second-order valence-electron chi connectivity index (χ2n) is 9.38.